The van der Waals surface area contributed by atoms with Crippen LogP contribution in [0.3, 0.4) is 0 Å². The van der Waals surface area contributed by atoms with Crippen molar-refractivity contribution in [2.75, 3.05) is 29.6 Å². The minimum atomic E-state index is -0.194. The number of nitrogens with one attached hydrogen (secondary N) is 2. The third kappa shape index (κ3) is 4.32. The van der Waals surface area contributed by atoms with E-state index in [2.05, 4.69) is 25.6 Å². The van der Waals surface area contributed by atoms with Gasteiger partial charge < -0.3 is 15.5 Å². The van der Waals surface area contributed by atoms with Gasteiger partial charge in [-0.1, -0.05) is 0 Å². The lowest BCUT2D eigenvalue weighted by molar-refractivity contribution is 0.102. The zero-order valence-electron chi connectivity index (χ0n) is 14.9. The Bertz CT molecular complexity index is 894. The number of amides is 1. The molecular formula is C19H20N6O. The van der Waals surface area contributed by atoms with Crippen LogP contribution in [0, 0.1) is 6.92 Å². The zero-order valence-corrected chi connectivity index (χ0v) is 14.9. The highest BCUT2D eigenvalue weighted by Gasteiger charge is 2.07. The van der Waals surface area contributed by atoms with E-state index in [1.807, 2.05) is 56.3 Å². The molecule has 0 saturated heterocycles. The van der Waals surface area contributed by atoms with E-state index < -0.39 is 0 Å². The van der Waals surface area contributed by atoms with E-state index in [0.717, 1.165) is 11.5 Å². The molecule has 0 saturated carbocycles. The summed E-state index contributed by atoms with van der Waals surface area (Å²) in [6.07, 6.45) is 3.17. The van der Waals surface area contributed by atoms with Crippen LogP contribution in [0.2, 0.25) is 0 Å². The van der Waals surface area contributed by atoms with Gasteiger partial charge in [0.2, 0.25) is 0 Å². The standard InChI is InChI=1S/C19H20N6O/c1-13-21-17(11-18(22-13)25(2)3)23-15-6-8-16(9-7-15)24-19(26)14-5-4-10-20-12-14/h4-12H,1-3H3,(H,24,26)(H,21,22,23). The Morgan fingerprint density at radius 2 is 1.77 bits per heavy atom. The molecule has 0 atom stereocenters. The van der Waals surface area contributed by atoms with Gasteiger partial charge in [0.25, 0.3) is 5.91 Å². The number of aryl methyl sites for hydroxylation is 1. The Hall–Kier alpha value is -3.48. The first kappa shape index (κ1) is 17.3. The third-order valence-electron chi connectivity index (χ3n) is 3.62. The fourth-order valence-electron chi connectivity index (χ4n) is 2.33. The van der Waals surface area contributed by atoms with Crippen LogP contribution in [0.5, 0.6) is 0 Å². The highest BCUT2D eigenvalue weighted by molar-refractivity contribution is 6.04. The van der Waals surface area contributed by atoms with Crippen molar-refractivity contribution in [2.45, 2.75) is 6.92 Å². The number of anilines is 4. The molecule has 0 aliphatic heterocycles. The summed E-state index contributed by atoms with van der Waals surface area (Å²) in [4.78, 5) is 26.8. The summed E-state index contributed by atoms with van der Waals surface area (Å²) in [7, 11) is 3.87. The van der Waals surface area contributed by atoms with Crippen LogP contribution in [0.4, 0.5) is 23.0 Å². The van der Waals surface area contributed by atoms with Crippen molar-refractivity contribution in [3.05, 3.63) is 66.2 Å². The molecule has 0 unspecified atom stereocenters. The molecule has 0 aliphatic rings. The van der Waals surface area contributed by atoms with Gasteiger partial charge in [-0.25, -0.2) is 9.97 Å². The minimum absolute atomic E-state index is 0.194. The van der Waals surface area contributed by atoms with Gasteiger partial charge in [-0.15, -0.1) is 0 Å². The maximum Gasteiger partial charge on any atom is 0.257 e. The molecule has 0 aliphatic carbocycles. The second-order valence-electron chi connectivity index (χ2n) is 5.95. The maximum absolute atomic E-state index is 12.1. The van der Waals surface area contributed by atoms with Gasteiger partial charge >= 0.3 is 0 Å². The summed E-state index contributed by atoms with van der Waals surface area (Å²) in [5.41, 5.74) is 2.09. The lowest BCUT2D eigenvalue weighted by atomic mass is 10.2. The molecule has 2 heterocycles. The van der Waals surface area contributed by atoms with Crippen LogP contribution < -0.4 is 15.5 Å². The molecule has 26 heavy (non-hydrogen) atoms. The van der Waals surface area contributed by atoms with E-state index in [4.69, 9.17) is 0 Å². The first-order valence-electron chi connectivity index (χ1n) is 8.13. The van der Waals surface area contributed by atoms with Gasteiger partial charge in [-0.2, -0.15) is 0 Å². The highest BCUT2D eigenvalue weighted by Crippen LogP contribution is 2.20. The molecule has 1 amide bonds. The number of hydrogen-bond acceptors (Lipinski definition) is 6. The molecule has 0 bridgehead atoms. The summed E-state index contributed by atoms with van der Waals surface area (Å²) in [6.45, 7) is 1.86. The normalized spacial score (nSPS) is 10.3. The SMILES string of the molecule is Cc1nc(Nc2ccc(NC(=O)c3cccnc3)cc2)cc(N(C)C)n1. The van der Waals surface area contributed by atoms with E-state index in [0.29, 0.717) is 22.9 Å². The molecule has 132 valence electrons. The van der Waals surface area contributed by atoms with Crippen LogP contribution in [0.25, 0.3) is 0 Å². The predicted octanol–water partition coefficient (Wildman–Crippen LogP) is 3.24. The van der Waals surface area contributed by atoms with Gasteiger partial charge in [0.1, 0.15) is 17.5 Å². The van der Waals surface area contributed by atoms with Crippen molar-refractivity contribution in [3.8, 4) is 0 Å². The van der Waals surface area contributed by atoms with Crippen LogP contribution >= 0.6 is 0 Å². The molecule has 2 N–H and O–H groups in total. The fourth-order valence-corrected chi connectivity index (χ4v) is 2.33. The summed E-state index contributed by atoms with van der Waals surface area (Å²) in [6, 6.07) is 12.8. The lowest BCUT2D eigenvalue weighted by Gasteiger charge is -2.14. The van der Waals surface area contributed by atoms with Gasteiger partial charge in [0, 0.05) is 43.9 Å². The molecular weight excluding hydrogens is 328 g/mol. The Morgan fingerprint density at radius 1 is 1.04 bits per heavy atom. The number of aromatic nitrogens is 3. The van der Waals surface area contributed by atoms with Crippen LogP contribution in [0.1, 0.15) is 16.2 Å². The van der Waals surface area contributed by atoms with E-state index in [9.17, 15) is 4.79 Å². The highest BCUT2D eigenvalue weighted by atomic mass is 16.1. The van der Waals surface area contributed by atoms with E-state index in [-0.39, 0.29) is 5.91 Å². The molecule has 2 aromatic heterocycles. The average Bonchev–Trinajstić information content (AvgIpc) is 2.63. The van der Waals surface area contributed by atoms with Crippen molar-refractivity contribution in [3.63, 3.8) is 0 Å². The van der Waals surface area contributed by atoms with Gasteiger partial charge in [0.15, 0.2) is 0 Å². The largest absolute Gasteiger partial charge is 0.363 e. The first-order chi connectivity index (χ1) is 12.5. The molecule has 0 radical (unpaired) electrons. The number of rotatable bonds is 5. The molecule has 1 aromatic carbocycles. The number of hydrogen-bond donors (Lipinski definition) is 2. The second kappa shape index (κ2) is 7.60. The van der Waals surface area contributed by atoms with Crippen LogP contribution in [-0.2, 0) is 0 Å². The van der Waals surface area contributed by atoms with Crippen LogP contribution in [0.15, 0.2) is 54.9 Å². The Morgan fingerprint density at radius 3 is 2.42 bits per heavy atom. The molecule has 0 spiro atoms. The Kier molecular flexibility index (Phi) is 5.07. The van der Waals surface area contributed by atoms with Crippen molar-refractivity contribution in [2.24, 2.45) is 0 Å². The molecule has 3 rings (SSSR count). The zero-order chi connectivity index (χ0) is 18.5. The smallest absolute Gasteiger partial charge is 0.257 e. The molecule has 0 fully saturated rings. The number of benzene rings is 1. The monoisotopic (exact) mass is 348 g/mol. The lowest BCUT2D eigenvalue weighted by Crippen LogP contribution is -2.12. The topological polar surface area (TPSA) is 83.0 Å². The number of carbonyl (C=O) groups excluding carboxylic acids is 1. The quantitative estimate of drug-likeness (QED) is 0.736. The Balaban J connectivity index is 1.69. The van der Waals surface area contributed by atoms with Gasteiger partial charge in [-0.3, -0.25) is 9.78 Å². The second-order valence-corrected chi connectivity index (χ2v) is 5.95. The van der Waals surface area contributed by atoms with Crippen molar-refractivity contribution >= 4 is 28.9 Å². The van der Waals surface area contributed by atoms with Crippen molar-refractivity contribution < 1.29 is 4.79 Å². The third-order valence-corrected chi connectivity index (χ3v) is 3.62. The molecule has 7 heteroatoms. The van der Waals surface area contributed by atoms with Gasteiger partial charge in [-0.05, 0) is 43.3 Å². The summed E-state index contributed by atoms with van der Waals surface area (Å²) < 4.78 is 0. The number of carbonyl (C=O) groups is 1. The van der Waals surface area contributed by atoms with E-state index >= 15 is 0 Å². The molecule has 7 nitrogen and oxygen atoms in total. The van der Waals surface area contributed by atoms with E-state index in [1.54, 1.807) is 18.3 Å². The van der Waals surface area contributed by atoms with Crippen molar-refractivity contribution in [1.82, 2.24) is 15.0 Å². The summed E-state index contributed by atoms with van der Waals surface area (Å²) in [5, 5.41) is 6.10. The fraction of sp³-hybridized carbons (Fsp3) is 0.158. The average molecular weight is 348 g/mol. The minimum Gasteiger partial charge on any atom is -0.363 e. The molecule has 3 aromatic rings. The first-order valence-corrected chi connectivity index (χ1v) is 8.13. The van der Waals surface area contributed by atoms with E-state index in [1.165, 1.54) is 6.20 Å². The summed E-state index contributed by atoms with van der Waals surface area (Å²) >= 11 is 0. The number of nitrogens with zero attached hydrogens (tertiary/aromatic N) is 4. The summed E-state index contributed by atoms with van der Waals surface area (Å²) in [5.74, 6) is 2.05. The Labute approximate surface area is 152 Å². The van der Waals surface area contributed by atoms with Gasteiger partial charge in [0.05, 0.1) is 5.56 Å². The van der Waals surface area contributed by atoms with Crippen LogP contribution in [-0.4, -0.2) is 35.0 Å². The maximum atomic E-state index is 12.1. The van der Waals surface area contributed by atoms with Crippen molar-refractivity contribution in [1.29, 1.82) is 0 Å². The predicted molar refractivity (Wildman–Crippen MR) is 103 cm³/mol. The number of pyridine rings is 1.